The van der Waals surface area contributed by atoms with Crippen LogP contribution in [-0.4, -0.2) is 74.0 Å². The smallest absolute Gasteiger partial charge is 0.326 e. The number of aliphatic carboxylic acids is 2. The molecule has 0 fully saturated rings. The normalized spacial score (nSPS) is 14.7. The summed E-state index contributed by atoms with van der Waals surface area (Å²) in [5, 5.41) is 26.3. The summed E-state index contributed by atoms with van der Waals surface area (Å²) in [5.41, 5.74) is 7.15. The molecular formula is C26H36N6O7. The van der Waals surface area contributed by atoms with Gasteiger partial charge in [0.1, 0.15) is 18.1 Å². The van der Waals surface area contributed by atoms with E-state index in [1.165, 1.54) is 12.5 Å². The number of rotatable bonds is 16. The van der Waals surface area contributed by atoms with Crippen molar-refractivity contribution in [2.45, 2.75) is 70.1 Å². The second-order valence-electron chi connectivity index (χ2n) is 9.34. The van der Waals surface area contributed by atoms with Gasteiger partial charge in [0.2, 0.25) is 17.7 Å². The Morgan fingerprint density at radius 1 is 0.923 bits per heavy atom. The lowest BCUT2D eigenvalue weighted by Gasteiger charge is -2.26. The summed E-state index contributed by atoms with van der Waals surface area (Å²) >= 11 is 0. The standard InChI is InChI=1S/C26H36N6O7/c1-3-15(2)22(27)25(37)30-18(9-10-21(33)34)23(35)31-19(11-16-7-5-4-6-8-16)24(36)32-20(26(38)39)12-17-13-28-14-29-17/h4-8,13-15,18-20,22H,3,9-12,27H2,1-2H3,(H,28,29)(H,30,37)(H,31,35)(H,32,36)(H,33,34)(H,38,39). The molecule has 1 aromatic carbocycles. The van der Waals surface area contributed by atoms with Crippen molar-refractivity contribution >= 4 is 29.7 Å². The number of H-pyrrole nitrogens is 1. The maximum absolute atomic E-state index is 13.3. The monoisotopic (exact) mass is 544 g/mol. The fourth-order valence-corrected chi connectivity index (χ4v) is 3.74. The molecule has 1 heterocycles. The summed E-state index contributed by atoms with van der Waals surface area (Å²) in [6.45, 7) is 3.63. The molecule has 39 heavy (non-hydrogen) atoms. The minimum absolute atomic E-state index is 0.0147. The van der Waals surface area contributed by atoms with Gasteiger partial charge in [-0.3, -0.25) is 19.2 Å². The van der Waals surface area contributed by atoms with Crippen LogP contribution in [0.1, 0.15) is 44.4 Å². The quantitative estimate of drug-likeness (QED) is 0.151. The average Bonchev–Trinajstić information content (AvgIpc) is 3.42. The molecule has 3 amide bonds. The van der Waals surface area contributed by atoms with Gasteiger partial charge < -0.3 is 36.9 Å². The van der Waals surface area contributed by atoms with Crippen molar-refractivity contribution in [3.05, 3.63) is 54.1 Å². The first-order valence-electron chi connectivity index (χ1n) is 12.6. The topological polar surface area (TPSA) is 217 Å². The van der Waals surface area contributed by atoms with E-state index in [1.807, 2.05) is 6.92 Å². The van der Waals surface area contributed by atoms with Gasteiger partial charge >= 0.3 is 11.9 Å². The third-order valence-electron chi connectivity index (χ3n) is 6.35. The van der Waals surface area contributed by atoms with Gasteiger partial charge in [-0.15, -0.1) is 0 Å². The maximum atomic E-state index is 13.3. The number of aromatic nitrogens is 2. The molecular weight excluding hydrogens is 508 g/mol. The molecule has 0 bridgehead atoms. The lowest BCUT2D eigenvalue weighted by atomic mass is 9.98. The number of aromatic amines is 1. The molecule has 8 N–H and O–H groups in total. The summed E-state index contributed by atoms with van der Waals surface area (Å²) in [4.78, 5) is 68.8. The predicted octanol–water partition coefficient (Wildman–Crippen LogP) is -0.0279. The number of carboxylic acid groups (broad SMARTS) is 2. The molecule has 0 saturated heterocycles. The molecule has 0 saturated carbocycles. The Labute approximate surface area is 226 Å². The molecule has 0 aliphatic carbocycles. The first-order valence-corrected chi connectivity index (χ1v) is 12.6. The summed E-state index contributed by atoms with van der Waals surface area (Å²) in [7, 11) is 0. The Bertz CT molecular complexity index is 1110. The number of nitrogens with two attached hydrogens (primary N) is 1. The SMILES string of the molecule is CCC(C)C(N)C(=O)NC(CCC(=O)O)C(=O)NC(Cc1ccccc1)C(=O)NC(Cc1cnc[nH]1)C(=O)O. The fraction of sp³-hybridized carbons (Fsp3) is 0.462. The number of carbonyl (C=O) groups excluding carboxylic acids is 3. The van der Waals surface area contributed by atoms with Crippen LogP contribution < -0.4 is 21.7 Å². The molecule has 2 rings (SSSR count). The molecule has 0 radical (unpaired) electrons. The van der Waals surface area contributed by atoms with Gasteiger partial charge in [-0.05, 0) is 17.9 Å². The molecule has 1 aromatic heterocycles. The van der Waals surface area contributed by atoms with Crippen LogP contribution >= 0.6 is 0 Å². The molecule has 0 spiro atoms. The zero-order chi connectivity index (χ0) is 28.9. The molecule has 5 unspecified atom stereocenters. The van der Waals surface area contributed by atoms with Crippen LogP contribution in [0.4, 0.5) is 0 Å². The van der Waals surface area contributed by atoms with Crippen LogP contribution in [0.15, 0.2) is 42.9 Å². The van der Waals surface area contributed by atoms with E-state index in [1.54, 1.807) is 37.3 Å². The number of amides is 3. The Kier molecular flexibility index (Phi) is 12.1. The van der Waals surface area contributed by atoms with Gasteiger partial charge in [0.15, 0.2) is 0 Å². The number of hydrogen-bond donors (Lipinski definition) is 7. The van der Waals surface area contributed by atoms with Gasteiger partial charge in [0, 0.05) is 31.2 Å². The molecule has 13 nitrogen and oxygen atoms in total. The van der Waals surface area contributed by atoms with E-state index in [9.17, 15) is 29.1 Å². The number of nitrogens with one attached hydrogen (secondary N) is 4. The number of benzene rings is 1. The zero-order valence-corrected chi connectivity index (χ0v) is 21.9. The minimum atomic E-state index is -1.32. The first-order chi connectivity index (χ1) is 18.5. The maximum Gasteiger partial charge on any atom is 0.326 e. The van der Waals surface area contributed by atoms with Crippen molar-refractivity contribution in [1.29, 1.82) is 0 Å². The molecule has 5 atom stereocenters. The first kappa shape index (κ1) is 31.0. The predicted molar refractivity (Wildman–Crippen MR) is 140 cm³/mol. The van der Waals surface area contributed by atoms with Gasteiger partial charge in [0.25, 0.3) is 0 Å². The summed E-state index contributed by atoms with van der Waals surface area (Å²) in [5.74, 6) is -4.82. The third-order valence-corrected chi connectivity index (χ3v) is 6.35. The van der Waals surface area contributed by atoms with E-state index in [-0.39, 0.29) is 25.2 Å². The molecule has 0 aliphatic heterocycles. The Morgan fingerprint density at radius 2 is 1.54 bits per heavy atom. The van der Waals surface area contributed by atoms with Crippen LogP contribution in [0, 0.1) is 5.92 Å². The van der Waals surface area contributed by atoms with Gasteiger partial charge in [-0.1, -0.05) is 50.6 Å². The van der Waals surface area contributed by atoms with Crippen molar-refractivity contribution in [2.24, 2.45) is 11.7 Å². The van der Waals surface area contributed by atoms with Crippen LogP contribution in [-0.2, 0) is 36.8 Å². The van der Waals surface area contributed by atoms with Gasteiger partial charge in [-0.25, -0.2) is 9.78 Å². The highest BCUT2D eigenvalue weighted by Crippen LogP contribution is 2.09. The van der Waals surface area contributed by atoms with Crippen molar-refractivity contribution in [1.82, 2.24) is 25.9 Å². The zero-order valence-electron chi connectivity index (χ0n) is 21.9. The second kappa shape index (κ2) is 15.2. The van der Waals surface area contributed by atoms with Gasteiger partial charge in [-0.2, -0.15) is 0 Å². The lowest BCUT2D eigenvalue weighted by Crippen LogP contribution is -2.58. The van der Waals surface area contributed by atoms with E-state index in [4.69, 9.17) is 10.8 Å². The van der Waals surface area contributed by atoms with Crippen LogP contribution in [0.2, 0.25) is 0 Å². The molecule has 0 aliphatic rings. The van der Waals surface area contributed by atoms with Crippen molar-refractivity contribution < 1.29 is 34.2 Å². The Hall–Kier alpha value is -4.26. The number of imidazole rings is 1. The van der Waals surface area contributed by atoms with Crippen LogP contribution in [0.25, 0.3) is 0 Å². The lowest BCUT2D eigenvalue weighted by molar-refractivity contribution is -0.142. The van der Waals surface area contributed by atoms with E-state index in [0.29, 0.717) is 17.7 Å². The highest BCUT2D eigenvalue weighted by atomic mass is 16.4. The summed E-state index contributed by atoms with van der Waals surface area (Å²) in [6.07, 6.45) is 2.72. The Balaban J connectivity index is 2.25. The molecule has 212 valence electrons. The second-order valence-corrected chi connectivity index (χ2v) is 9.34. The largest absolute Gasteiger partial charge is 0.481 e. The highest BCUT2D eigenvalue weighted by Gasteiger charge is 2.31. The molecule has 2 aromatic rings. The number of hydrogen-bond acceptors (Lipinski definition) is 7. The van der Waals surface area contributed by atoms with Crippen LogP contribution in [0.5, 0.6) is 0 Å². The van der Waals surface area contributed by atoms with Crippen molar-refractivity contribution in [2.75, 3.05) is 0 Å². The van der Waals surface area contributed by atoms with E-state index in [2.05, 4.69) is 25.9 Å². The van der Waals surface area contributed by atoms with Crippen LogP contribution in [0.3, 0.4) is 0 Å². The number of nitrogens with zero attached hydrogens (tertiary/aromatic N) is 1. The van der Waals surface area contributed by atoms with E-state index in [0.717, 1.165) is 0 Å². The third kappa shape index (κ3) is 10.2. The average molecular weight is 545 g/mol. The van der Waals surface area contributed by atoms with E-state index >= 15 is 0 Å². The van der Waals surface area contributed by atoms with E-state index < -0.39 is 60.2 Å². The number of carboxylic acids is 2. The summed E-state index contributed by atoms with van der Waals surface area (Å²) < 4.78 is 0. The fourth-order valence-electron chi connectivity index (χ4n) is 3.74. The minimum Gasteiger partial charge on any atom is -0.481 e. The Morgan fingerprint density at radius 3 is 2.10 bits per heavy atom. The van der Waals surface area contributed by atoms with Crippen molar-refractivity contribution in [3.8, 4) is 0 Å². The van der Waals surface area contributed by atoms with Gasteiger partial charge in [0.05, 0.1) is 12.4 Å². The summed E-state index contributed by atoms with van der Waals surface area (Å²) in [6, 6.07) is 4.00. The highest BCUT2D eigenvalue weighted by molar-refractivity contribution is 5.94. The number of carbonyl (C=O) groups is 5. The van der Waals surface area contributed by atoms with Crippen molar-refractivity contribution in [3.63, 3.8) is 0 Å². The molecule has 13 heteroatoms.